The molecule has 1 atom stereocenters. The Morgan fingerprint density at radius 3 is 2.81 bits per heavy atom. The van der Waals surface area contributed by atoms with E-state index in [4.69, 9.17) is 4.98 Å². The molecule has 0 aliphatic carbocycles. The van der Waals surface area contributed by atoms with E-state index in [1.165, 1.54) is 5.69 Å². The van der Waals surface area contributed by atoms with E-state index in [-0.39, 0.29) is 0 Å². The number of pyridine rings is 1. The number of fused-ring (bicyclic) bond motifs is 1. The first-order chi connectivity index (χ1) is 15.7. The quantitative estimate of drug-likeness (QED) is 0.434. The molecule has 0 spiro atoms. The number of nitrogens with one attached hydrogen (secondary N) is 3. The number of piperazine rings is 1. The van der Waals surface area contributed by atoms with Crippen molar-refractivity contribution in [1.29, 1.82) is 0 Å². The second kappa shape index (κ2) is 8.84. The van der Waals surface area contributed by atoms with Crippen LogP contribution < -0.4 is 20.9 Å². The van der Waals surface area contributed by atoms with Gasteiger partial charge >= 0.3 is 0 Å². The summed E-state index contributed by atoms with van der Waals surface area (Å²) >= 11 is 0. The SMILES string of the molecule is CNc1ncccc1Cn1ccc2cnc(Nc3ccc(N4CCN[C@@H](C)C4)cc3)nc21. The predicted molar refractivity (Wildman–Crippen MR) is 130 cm³/mol. The van der Waals surface area contributed by atoms with E-state index < -0.39 is 0 Å². The highest BCUT2D eigenvalue weighted by Crippen LogP contribution is 2.23. The summed E-state index contributed by atoms with van der Waals surface area (Å²) in [7, 11) is 1.89. The Kier molecular flexibility index (Phi) is 5.60. The molecule has 1 saturated heterocycles. The Morgan fingerprint density at radius 2 is 2.00 bits per heavy atom. The highest BCUT2D eigenvalue weighted by atomic mass is 15.2. The number of nitrogens with zero attached hydrogens (tertiary/aromatic N) is 5. The Morgan fingerprint density at radius 1 is 1.12 bits per heavy atom. The molecule has 1 aliphatic rings. The standard InChI is InChI=1S/C24H28N8/c1-17-15-31(13-11-26-17)21-7-5-20(6-8-21)29-24-28-14-18-9-12-32(23(18)30-24)16-19-4-3-10-27-22(19)25-2/h3-10,12,14,17,26H,11,13,15-16H2,1-2H3,(H,25,27)(H,28,29,30)/t17-/m0/s1. The highest BCUT2D eigenvalue weighted by molar-refractivity contribution is 5.77. The zero-order valence-corrected chi connectivity index (χ0v) is 18.4. The Hall–Kier alpha value is -3.65. The molecule has 8 heteroatoms. The number of benzene rings is 1. The van der Waals surface area contributed by atoms with Crippen molar-refractivity contribution < 1.29 is 0 Å². The minimum absolute atomic E-state index is 0.508. The van der Waals surface area contributed by atoms with E-state index >= 15 is 0 Å². The molecule has 32 heavy (non-hydrogen) atoms. The largest absolute Gasteiger partial charge is 0.373 e. The van der Waals surface area contributed by atoms with Gasteiger partial charge in [0, 0.05) is 73.6 Å². The van der Waals surface area contributed by atoms with E-state index in [1.807, 2.05) is 31.6 Å². The molecule has 1 fully saturated rings. The van der Waals surface area contributed by atoms with Gasteiger partial charge < -0.3 is 25.4 Å². The average Bonchev–Trinajstić information content (AvgIpc) is 3.22. The maximum atomic E-state index is 4.79. The van der Waals surface area contributed by atoms with Crippen LogP contribution in [0.25, 0.3) is 11.0 Å². The molecule has 0 unspecified atom stereocenters. The summed E-state index contributed by atoms with van der Waals surface area (Å²) in [4.78, 5) is 16.1. The summed E-state index contributed by atoms with van der Waals surface area (Å²) in [6.45, 7) is 5.97. The van der Waals surface area contributed by atoms with Gasteiger partial charge in [-0.15, -0.1) is 0 Å². The first-order valence-corrected chi connectivity index (χ1v) is 11.0. The van der Waals surface area contributed by atoms with Crippen LogP contribution in [0.1, 0.15) is 12.5 Å². The second-order valence-corrected chi connectivity index (χ2v) is 8.15. The van der Waals surface area contributed by atoms with Crippen LogP contribution >= 0.6 is 0 Å². The van der Waals surface area contributed by atoms with Crippen LogP contribution in [0.3, 0.4) is 0 Å². The summed E-state index contributed by atoms with van der Waals surface area (Å²) in [5.74, 6) is 1.46. The number of aromatic nitrogens is 4. The van der Waals surface area contributed by atoms with E-state index in [1.54, 1.807) is 6.20 Å². The van der Waals surface area contributed by atoms with Crippen molar-refractivity contribution in [1.82, 2.24) is 24.8 Å². The fourth-order valence-corrected chi connectivity index (χ4v) is 4.18. The van der Waals surface area contributed by atoms with E-state index in [0.717, 1.165) is 47.7 Å². The van der Waals surface area contributed by atoms with E-state index in [9.17, 15) is 0 Å². The molecule has 1 aromatic carbocycles. The minimum atomic E-state index is 0.508. The third-order valence-electron chi connectivity index (χ3n) is 5.83. The van der Waals surface area contributed by atoms with Gasteiger partial charge in [-0.05, 0) is 43.3 Å². The van der Waals surface area contributed by atoms with Gasteiger partial charge in [-0.2, -0.15) is 4.98 Å². The lowest BCUT2D eigenvalue weighted by Gasteiger charge is -2.33. The van der Waals surface area contributed by atoms with Gasteiger partial charge in [0.05, 0.1) is 6.54 Å². The van der Waals surface area contributed by atoms with Gasteiger partial charge in [-0.3, -0.25) is 0 Å². The molecule has 0 saturated carbocycles. The number of rotatable bonds is 6. The number of hydrogen-bond acceptors (Lipinski definition) is 7. The summed E-state index contributed by atoms with van der Waals surface area (Å²) < 4.78 is 2.12. The van der Waals surface area contributed by atoms with Crippen molar-refractivity contribution in [2.24, 2.45) is 0 Å². The zero-order chi connectivity index (χ0) is 21.9. The molecular weight excluding hydrogens is 400 g/mol. The lowest BCUT2D eigenvalue weighted by atomic mass is 10.2. The van der Waals surface area contributed by atoms with Crippen LogP contribution in [-0.2, 0) is 6.54 Å². The van der Waals surface area contributed by atoms with Crippen LogP contribution in [0.2, 0.25) is 0 Å². The van der Waals surface area contributed by atoms with Gasteiger partial charge in [-0.25, -0.2) is 9.97 Å². The monoisotopic (exact) mass is 428 g/mol. The molecule has 1 aliphatic heterocycles. The molecule has 3 aromatic heterocycles. The van der Waals surface area contributed by atoms with Crippen molar-refractivity contribution in [2.75, 3.05) is 42.2 Å². The number of hydrogen-bond donors (Lipinski definition) is 3. The molecule has 0 bridgehead atoms. The summed E-state index contributed by atoms with van der Waals surface area (Å²) in [6.07, 6.45) is 5.69. The van der Waals surface area contributed by atoms with Crippen molar-refractivity contribution in [3.05, 3.63) is 66.6 Å². The van der Waals surface area contributed by atoms with Crippen LogP contribution in [-0.4, -0.2) is 52.2 Å². The van der Waals surface area contributed by atoms with Crippen LogP contribution in [0.5, 0.6) is 0 Å². The third kappa shape index (κ3) is 4.22. The van der Waals surface area contributed by atoms with Crippen LogP contribution in [0.15, 0.2) is 61.1 Å². The molecule has 5 rings (SSSR count). The van der Waals surface area contributed by atoms with E-state index in [2.05, 4.69) is 72.6 Å². The topological polar surface area (TPSA) is 82.9 Å². The Bertz CT molecular complexity index is 1200. The first kappa shape index (κ1) is 20.3. The summed E-state index contributed by atoms with van der Waals surface area (Å²) in [6, 6.07) is 15.1. The predicted octanol–water partition coefficient (Wildman–Crippen LogP) is 3.46. The normalized spacial score (nSPS) is 16.3. The highest BCUT2D eigenvalue weighted by Gasteiger charge is 2.16. The zero-order valence-electron chi connectivity index (χ0n) is 18.4. The van der Waals surface area contributed by atoms with Crippen LogP contribution in [0, 0.1) is 0 Å². The minimum Gasteiger partial charge on any atom is -0.373 e. The van der Waals surface area contributed by atoms with Crippen molar-refractivity contribution in [3.8, 4) is 0 Å². The fraction of sp³-hybridized carbons (Fsp3) is 0.292. The molecule has 0 radical (unpaired) electrons. The fourth-order valence-electron chi connectivity index (χ4n) is 4.18. The van der Waals surface area contributed by atoms with E-state index in [0.29, 0.717) is 18.5 Å². The third-order valence-corrected chi connectivity index (χ3v) is 5.83. The number of anilines is 4. The van der Waals surface area contributed by atoms with Crippen molar-refractivity contribution in [2.45, 2.75) is 19.5 Å². The molecule has 4 heterocycles. The van der Waals surface area contributed by atoms with Gasteiger partial charge in [0.1, 0.15) is 11.5 Å². The summed E-state index contributed by atoms with van der Waals surface area (Å²) in [5, 5.41) is 11.0. The molecule has 164 valence electrons. The second-order valence-electron chi connectivity index (χ2n) is 8.15. The molecule has 8 nitrogen and oxygen atoms in total. The van der Waals surface area contributed by atoms with Crippen molar-refractivity contribution in [3.63, 3.8) is 0 Å². The van der Waals surface area contributed by atoms with Gasteiger partial charge in [0.2, 0.25) is 5.95 Å². The lowest BCUT2D eigenvalue weighted by molar-refractivity contribution is 0.485. The maximum absolute atomic E-state index is 4.79. The maximum Gasteiger partial charge on any atom is 0.229 e. The molecule has 0 amide bonds. The van der Waals surface area contributed by atoms with Gasteiger partial charge in [-0.1, -0.05) is 6.07 Å². The summed E-state index contributed by atoms with van der Waals surface area (Å²) in [5.41, 5.74) is 4.21. The average molecular weight is 429 g/mol. The van der Waals surface area contributed by atoms with Crippen LogP contribution in [0.4, 0.5) is 23.1 Å². The Balaban J connectivity index is 1.34. The molecule has 3 N–H and O–H groups in total. The Labute approximate surface area is 187 Å². The first-order valence-electron chi connectivity index (χ1n) is 11.0. The molecule has 4 aromatic rings. The van der Waals surface area contributed by atoms with Gasteiger partial charge in [0.25, 0.3) is 0 Å². The van der Waals surface area contributed by atoms with Gasteiger partial charge in [0.15, 0.2) is 0 Å². The smallest absolute Gasteiger partial charge is 0.229 e. The van der Waals surface area contributed by atoms with Crippen molar-refractivity contribution >= 4 is 34.2 Å². The molecular formula is C24H28N8. The lowest BCUT2D eigenvalue weighted by Crippen LogP contribution is -2.49.